The van der Waals surface area contributed by atoms with Gasteiger partial charge >= 0.3 is 12.0 Å². The van der Waals surface area contributed by atoms with Crippen molar-refractivity contribution in [2.24, 2.45) is 5.92 Å². The molecule has 2 aromatic carbocycles. The Morgan fingerprint density at radius 2 is 1.66 bits per heavy atom. The molecule has 0 saturated carbocycles. The molecular formula is C22H20ClN3O6. The van der Waals surface area contributed by atoms with Gasteiger partial charge in [-0.05, 0) is 48.4 Å². The molecule has 0 spiro atoms. The van der Waals surface area contributed by atoms with Crippen molar-refractivity contribution in [3.63, 3.8) is 0 Å². The Bertz CT molecular complexity index is 1100. The van der Waals surface area contributed by atoms with E-state index in [1.54, 1.807) is 12.1 Å². The van der Waals surface area contributed by atoms with Gasteiger partial charge in [-0.15, -0.1) is 0 Å². The minimum atomic E-state index is -0.879. The number of urea groups is 1. The average molecular weight is 458 g/mol. The molecule has 0 aromatic heterocycles. The first-order chi connectivity index (χ1) is 15.2. The number of anilines is 1. The van der Waals surface area contributed by atoms with Crippen LogP contribution in [0.4, 0.5) is 10.5 Å². The number of nitrogens with one attached hydrogen (secondary N) is 2. The van der Waals surface area contributed by atoms with Crippen LogP contribution in [0.3, 0.4) is 0 Å². The summed E-state index contributed by atoms with van der Waals surface area (Å²) in [6.45, 7) is 3.49. The summed E-state index contributed by atoms with van der Waals surface area (Å²) in [6.07, 6.45) is 0. The molecule has 2 aromatic rings. The third-order valence-electron chi connectivity index (χ3n) is 4.47. The van der Waals surface area contributed by atoms with Crippen molar-refractivity contribution in [1.82, 2.24) is 10.6 Å². The normalized spacial score (nSPS) is 12.6. The summed E-state index contributed by atoms with van der Waals surface area (Å²) >= 11 is 5.85. The summed E-state index contributed by atoms with van der Waals surface area (Å²) < 4.78 is 4.91. The number of amides is 5. The number of esters is 1. The summed E-state index contributed by atoms with van der Waals surface area (Å²) in [6, 6.07) is 9.40. The molecule has 166 valence electrons. The van der Waals surface area contributed by atoms with Gasteiger partial charge in [-0.1, -0.05) is 25.4 Å². The first kappa shape index (κ1) is 23.0. The largest absolute Gasteiger partial charge is 0.452 e. The van der Waals surface area contributed by atoms with Crippen LogP contribution >= 0.6 is 11.6 Å². The van der Waals surface area contributed by atoms with Gasteiger partial charge in [0, 0.05) is 11.6 Å². The molecule has 2 N–H and O–H groups in total. The van der Waals surface area contributed by atoms with Gasteiger partial charge in [0.2, 0.25) is 0 Å². The maximum Gasteiger partial charge on any atom is 0.338 e. The maximum absolute atomic E-state index is 12.8. The van der Waals surface area contributed by atoms with Crippen LogP contribution in [0.15, 0.2) is 42.5 Å². The molecule has 0 radical (unpaired) electrons. The van der Waals surface area contributed by atoms with Gasteiger partial charge in [-0.25, -0.2) is 14.5 Å². The Balaban J connectivity index is 1.64. The molecule has 1 aliphatic rings. The van der Waals surface area contributed by atoms with Crippen LogP contribution in [0.1, 0.15) is 44.9 Å². The van der Waals surface area contributed by atoms with E-state index in [1.807, 2.05) is 19.2 Å². The minimum Gasteiger partial charge on any atom is -0.452 e. The molecule has 32 heavy (non-hydrogen) atoms. The second-order valence-electron chi connectivity index (χ2n) is 7.41. The van der Waals surface area contributed by atoms with Crippen molar-refractivity contribution >= 4 is 47.0 Å². The van der Waals surface area contributed by atoms with E-state index < -0.39 is 36.3 Å². The van der Waals surface area contributed by atoms with E-state index in [1.165, 1.54) is 30.3 Å². The van der Waals surface area contributed by atoms with Crippen LogP contribution in [0, 0.1) is 5.92 Å². The highest BCUT2D eigenvalue weighted by molar-refractivity contribution is 6.35. The van der Waals surface area contributed by atoms with Crippen LogP contribution in [0.25, 0.3) is 0 Å². The predicted octanol–water partition coefficient (Wildman–Crippen LogP) is 2.78. The van der Waals surface area contributed by atoms with Gasteiger partial charge in [-0.2, -0.15) is 0 Å². The topological polar surface area (TPSA) is 122 Å². The second-order valence-corrected chi connectivity index (χ2v) is 7.85. The van der Waals surface area contributed by atoms with Gasteiger partial charge in [-0.3, -0.25) is 19.7 Å². The molecule has 9 nitrogen and oxygen atoms in total. The highest BCUT2D eigenvalue weighted by Gasteiger charge is 2.37. The Morgan fingerprint density at radius 1 is 1.00 bits per heavy atom. The lowest BCUT2D eigenvalue weighted by Gasteiger charge is -2.13. The van der Waals surface area contributed by atoms with Crippen LogP contribution in [0.5, 0.6) is 0 Å². The lowest BCUT2D eigenvalue weighted by molar-refractivity contribution is -0.123. The fourth-order valence-corrected chi connectivity index (χ4v) is 3.04. The summed E-state index contributed by atoms with van der Waals surface area (Å²) in [5.74, 6) is -2.60. The van der Waals surface area contributed by atoms with Crippen molar-refractivity contribution in [3.8, 4) is 0 Å². The summed E-state index contributed by atoms with van der Waals surface area (Å²) in [5, 5.41) is 5.00. The number of carbonyl (C=O) groups is 5. The van der Waals surface area contributed by atoms with E-state index >= 15 is 0 Å². The van der Waals surface area contributed by atoms with Crippen molar-refractivity contribution < 1.29 is 28.7 Å². The first-order valence-corrected chi connectivity index (χ1v) is 10.1. The summed E-state index contributed by atoms with van der Waals surface area (Å²) in [4.78, 5) is 62.1. The molecule has 3 rings (SSSR count). The van der Waals surface area contributed by atoms with Crippen molar-refractivity contribution in [2.45, 2.75) is 13.8 Å². The Hall–Kier alpha value is -3.72. The van der Waals surface area contributed by atoms with E-state index in [-0.39, 0.29) is 22.6 Å². The van der Waals surface area contributed by atoms with Crippen molar-refractivity contribution in [3.05, 3.63) is 64.2 Å². The third kappa shape index (κ3) is 5.12. The van der Waals surface area contributed by atoms with Crippen LogP contribution in [0.2, 0.25) is 5.02 Å². The first-order valence-electron chi connectivity index (χ1n) is 9.70. The average Bonchev–Trinajstić information content (AvgIpc) is 3.01. The maximum atomic E-state index is 12.8. The summed E-state index contributed by atoms with van der Waals surface area (Å²) in [5.41, 5.74) is 0.509. The van der Waals surface area contributed by atoms with Gasteiger partial charge < -0.3 is 10.1 Å². The number of hydrogen-bond donors (Lipinski definition) is 2. The monoisotopic (exact) mass is 457 g/mol. The molecule has 1 aliphatic heterocycles. The lowest BCUT2D eigenvalue weighted by atomic mass is 10.1. The second kappa shape index (κ2) is 9.61. The highest BCUT2D eigenvalue weighted by Crippen LogP contribution is 2.30. The lowest BCUT2D eigenvalue weighted by Crippen LogP contribution is -2.42. The van der Waals surface area contributed by atoms with Crippen LogP contribution < -0.4 is 15.5 Å². The standard InChI is InChI=1S/C22H20ClN3O6/c1-12(2)10-24-22(31)25-18(27)11-32-21(30)13-3-8-16-17(9-13)20(29)26(19(16)28)15-6-4-14(23)5-7-15/h3-9,12H,10-11H2,1-2H3,(H2,24,25,27,31). The molecule has 1 heterocycles. The molecule has 0 fully saturated rings. The van der Waals surface area contributed by atoms with Gasteiger partial charge in [0.05, 0.1) is 22.4 Å². The molecule has 10 heteroatoms. The quantitative estimate of drug-likeness (QED) is 0.508. The van der Waals surface area contributed by atoms with E-state index in [4.69, 9.17) is 16.3 Å². The zero-order chi connectivity index (χ0) is 23.4. The Kier molecular flexibility index (Phi) is 6.89. The number of fused-ring (bicyclic) bond motifs is 1. The third-order valence-corrected chi connectivity index (χ3v) is 4.72. The number of hydrogen-bond acceptors (Lipinski definition) is 6. The van der Waals surface area contributed by atoms with Crippen LogP contribution in [-0.2, 0) is 9.53 Å². The van der Waals surface area contributed by atoms with Crippen LogP contribution in [-0.4, -0.2) is 42.9 Å². The molecule has 0 bridgehead atoms. The van der Waals surface area contributed by atoms with E-state index in [2.05, 4.69) is 5.32 Å². The molecule has 5 amide bonds. The fraction of sp³-hybridized carbons (Fsp3) is 0.227. The number of carbonyl (C=O) groups excluding carboxylic acids is 5. The molecule has 0 aliphatic carbocycles. The minimum absolute atomic E-state index is 0.0140. The van der Waals surface area contributed by atoms with E-state index in [0.717, 1.165) is 4.90 Å². The van der Waals surface area contributed by atoms with Gasteiger partial charge in [0.25, 0.3) is 17.7 Å². The Morgan fingerprint density at radius 3 is 2.31 bits per heavy atom. The number of halogens is 1. The highest BCUT2D eigenvalue weighted by atomic mass is 35.5. The van der Waals surface area contributed by atoms with Gasteiger partial charge in [0.1, 0.15) is 0 Å². The molecular weight excluding hydrogens is 438 g/mol. The fourth-order valence-electron chi connectivity index (χ4n) is 2.91. The predicted molar refractivity (Wildman–Crippen MR) is 116 cm³/mol. The smallest absolute Gasteiger partial charge is 0.338 e. The summed E-state index contributed by atoms with van der Waals surface area (Å²) in [7, 11) is 0. The zero-order valence-corrected chi connectivity index (χ0v) is 18.1. The SMILES string of the molecule is CC(C)CNC(=O)NC(=O)COC(=O)c1ccc2c(c1)C(=O)N(c1ccc(Cl)cc1)C2=O. The number of nitrogens with zero attached hydrogens (tertiary/aromatic N) is 1. The molecule has 0 unspecified atom stereocenters. The molecule has 0 atom stereocenters. The van der Waals surface area contributed by atoms with Crippen molar-refractivity contribution in [2.75, 3.05) is 18.1 Å². The van der Waals surface area contributed by atoms with E-state index in [0.29, 0.717) is 17.3 Å². The van der Waals surface area contributed by atoms with Gasteiger partial charge in [0.15, 0.2) is 6.61 Å². The number of ether oxygens (including phenoxy) is 1. The zero-order valence-electron chi connectivity index (χ0n) is 17.3. The molecule has 0 saturated heterocycles. The van der Waals surface area contributed by atoms with Crippen molar-refractivity contribution in [1.29, 1.82) is 0 Å². The number of benzene rings is 2. The Labute approximate surface area is 188 Å². The number of rotatable bonds is 6. The van der Waals surface area contributed by atoms with E-state index in [9.17, 15) is 24.0 Å². The number of imide groups is 2.